The molecule has 0 aliphatic heterocycles. The number of carbonyl (C=O) groups excluding carboxylic acids is 1. The van der Waals surface area contributed by atoms with Crippen LogP contribution >= 0.6 is 0 Å². The Morgan fingerprint density at radius 1 is 1.06 bits per heavy atom. The average molecular weight is 450 g/mol. The molecule has 0 unspecified atom stereocenters. The van der Waals surface area contributed by atoms with Crippen LogP contribution in [-0.4, -0.2) is 48.2 Å². The van der Waals surface area contributed by atoms with Crippen LogP contribution in [0.15, 0.2) is 52.3 Å². The Balaban J connectivity index is 1.87. The van der Waals surface area contributed by atoms with Gasteiger partial charge in [0.25, 0.3) is 5.56 Å². The zero-order chi connectivity index (χ0) is 22.6. The molecule has 1 aliphatic rings. The van der Waals surface area contributed by atoms with E-state index in [-0.39, 0.29) is 29.2 Å². The maximum Gasteiger partial charge on any atom is 0.251 e. The summed E-state index contributed by atoms with van der Waals surface area (Å²) in [6.45, 7) is 0.0571. The van der Waals surface area contributed by atoms with Gasteiger partial charge in [-0.1, -0.05) is 31.4 Å². The predicted octanol–water partition coefficient (Wildman–Crippen LogP) is 2.60. The molecular formula is C22H28FN3O4S. The van der Waals surface area contributed by atoms with Crippen molar-refractivity contribution in [1.82, 2.24) is 13.8 Å². The Kier molecular flexibility index (Phi) is 7.27. The van der Waals surface area contributed by atoms with E-state index in [1.165, 1.54) is 38.5 Å². The Labute approximate surface area is 182 Å². The average Bonchev–Trinajstić information content (AvgIpc) is 2.75. The second kappa shape index (κ2) is 9.74. The summed E-state index contributed by atoms with van der Waals surface area (Å²) in [5, 5.41) is 0. The van der Waals surface area contributed by atoms with Crippen molar-refractivity contribution in [2.45, 2.75) is 56.1 Å². The Bertz CT molecular complexity index is 1070. The van der Waals surface area contributed by atoms with E-state index in [0.29, 0.717) is 6.54 Å². The van der Waals surface area contributed by atoms with Gasteiger partial charge in [-0.3, -0.25) is 9.59 Å². The van der Waals surface area contributed by atoms with Gasteiger partial charge in [-0.05, 0) is 36.6 Å². The minimum Gasteiger partial charge on any atom is -0.334 e. The fourth-order valence-corrected chi connectivity index (χ4v) is 4.76. The summed E-state index contributed by atoms with van der Waals surface area (Å²) in [4.78, 5) is 27.3. The molecule has 2 aromatic rings. The topological polar surface area (TPSA) is 79.7 Å². The number of halogens is 1. The number of hydrogen-bond acceptors (Lipinski definition) is 4. The minimum absolute atomic E-state index is 0.0377. The lowest BCUT2D eigenvalue weighted by Gasteiger charge is -2.34. The van der Waals surface area contributed by atoms with Crippen molar-refractivity contribution in [2.24, 2.45) is 0 Å². The normalized spacial score (nSPS) is 15.2. The fraction of sp³-hybridized carbons (Fsp3) is 0.455. The van der Waals surface area contributed by atoms with Crippen LogP contribution in [0.1, 0.15) is 37.7 Å². The van der Waals surface area contributed by atoms with E-state index in [2.05, 4.69) is 0 Å². The summed E-state index contributed by atoms with van der Waals surface area (Å²) in [5.74, 6) is -0.609. The molecule has 1 heterocycles. The van der Waals surface area contributed by atoms with Crippen LogP contribution < -0.4 is 5.56 Å². The monoisotopic (exact) mass is 449 g/mol. The molecule has 1 fully saturated rings. The molecule has 1 aromatic heterocycles. The van der Waals surface area contributed by atoms with Gasteiger partial charge < -0.3 is 9.47 Å². The van der Waals surface area contributed by atoms with Crippen molar-refractivity contribution < 1.29 is 17.6 Å². The number of rotatable bonds is 7. The van der Waals surface area contributed by atoms with Crippen molar-refractivity contribution in [3.8, 4) is 0 Å². The van der Waals surface area contributed by atoms with Gasteiger partial charge in [-0.25, -0.2) is 17.1 Å². The summed E-state index contributed by atoms with van der Waals surface area (Å²) in [6.07, 6.45) is 6.13. The number of aromatic nitrogens is 1. The molecule has 168 valence electrons. The van der Waals surface area contributed by atoms with Crippen LogP contribution in [0.25, 0.3) is 0 Å². The second-order valence-corrected chi connectivity index (χ2v) is 10.2. The van der Waals surface area contributed by atoms with Crippen molar-refractivity contribution in [3.05, 3.63) is 64.3 Å². The molecule has 0 atom stereocenters. The Morgan fingerprint density at radius 3 is 2.32 bits per heavy atom. The SMILES string of the molecule is CN(C)S(=O)(=O)c1ccc(=O)n(CC(=O)N(Cc2ccc(F)cc2)C2CCCCC2)c1. The maximum absolute atomic E-state index is 13.3. The van der Waals surface area contributed by atoms with Crippen LogP contribution in [-0.2, 0) is 27.9 Å². The van der Waals surface area contributed by atoms with Gasteiger partial charge in [0.1, 0.15) is 12.4 Å². The molecule has 31 heavy (non-hydrogen) atoms. The van der Waals surface area contributed by atoms with Crippen LogP contribution in [0, 0.1) is 5.82 Å². The Hall–Kier alpha value is -2.52. The van der Waals surface area contributed by atoms with Gasteiger partial charge in [0.2, 0.25) is 15.9 Å². The highest BCUT2D eigenvalue weighted by Crippen LogP contribution is 2.25. The number of hydrogen-bond donors (Lipinski definition) is 0. The largest absolute Gasteiger partial charge is 0.334 e. The van der Waals surface area contributed by atoms with E-state index >= 15 is 0 Å². The highest BCUT2D eigenvalue weighted by Gasteiger charge is 2.26. The molecule has 9 heteroatoms. The van der Waals surface area contributed by atoms with Crippen LogP contribution in [0.3, 0.4) is 0 Å². The number of carbonyl (C=O) groups is 1. The molecule has 0 spiro atoms. The lowest BCUT2D eigenvalue weighted by atomic mass is 9.93. The molecule has 1 aromatic carbocycles. The fourth-order valence-electron chi connectivity index (χ4n) is 3.83. The lowest BCUT2D eigenvalue weighted by molar-refractivity contribution is -0.135. The molecule has 0 bridgehead atoms. The van der Waals surface area contributed by atoms with Crippen molar-refractivity contribution in [1.29, 1.82) is 0 Å². The van der Waals surface area contributed by atoms with E-state index in [9.17, 15) is 22.4 Å². The maximum atomic E-state index is 13.3. The highest BCUT2D eigenvalue weighted by atomic mass is 32.2. The number of sulfonamides is 1. The molecule has 3 rings (SSSR count). The summed E-state index contributed by atoms with van der Waals surface area (Å²) < 4.78 is 40.3. The summed E-state index contributed by atoms with van der Waals surface area (Å²) in [6, 6.07) is 8.46. The number of nitrogens with zero attached hydrogens (tertiary/aromatic N) is 3. The first kappa shape index (κ1) is 23.1. The van der Waals surface area contributed by atoms with Gasteiger partial charge >= 0.3 is 0 Å². The van der Waals surface area contributed by atoms with Gasteiger partial charge in [-0.2, -0.15) is 0 Å². The zero-order valence-corrected chi connectivity index (χ0v) is 18.6. The van der Waals surface area contributed by atoms with E-state index in [1.807, 2.05) is 0 Å². The van der Waals surface area contributed by atoms with E-state index in [0.717, 1.165) is 52.6 Å². The third-order valence-corrected chi connectivity index (χ3v) is 7.44. The summed E-state index contributed by atoms with van der Waals surface area (Å²) >= 11 is 0. The number of amides is 1. The quantitative estimate of drug-likeness (QED) is 0.651. The summed E-state index contributed by atoms with van der Waals surface area (Å²) in [7, 11) is -0.920. The van der Waals surface area contributed by atoms with E-state index in [1.54, 1.807) is 17.0 Å². The smallest absolute Gasteiger partial charge is 0.251 e. The van der Waals surface area contributed by atoms with Gasteiger partial charge in [0, 0.05) is 38.9 Å². The number of pyridine rings is 1. The minimum atomic E-state index is -3.73. The first-order valence-corrected chi connectivity index (χ1v) is 11.8. The molecule has 1 amide bonds. The number of benzene rings is 1. The third-order valence-electron chi connectivity index (χ3n) is 5.64. The standard InChI is InChI=1S/C22H28FN3O4S/c1-24(2)31(29,30)20-12-13-21(27)25(15-20)16-22(28)26(19-6-4-3-5-7-19)14-17-8-10-18(23)11-9-17/h8-13,15,19H,3-7,14,16H2,1-2H3. The summed E-state index contributed by atoms with van der Waals surface area (Å²) in [5.41, 5.74) is 0.355. The second-order valence-electron chi connectivity index (χ2n) is 8.06. The van der Waals surface area contributed by atoms with Crippen molar-refractivity contribution in [2.75, 3.05) is 14.1 Å². The molecule has 0 N–H and O–H groups in total. The molecular weight excluding hydrogens is 421 g/mol. The van der Waals surface area contributed by atoms with Crippen LogP contribution in [0.2, 0.25) is 0 Å². The first-order chi connectivity index (χ1) is 14.7. The van der Waals surface area contributed by atoms with Crippen molar-refractivity contribution in [3.63, 3.8) is 0 Å². The van der Waals surface area contributed by atoms with E-state index in [4.69, 9.17) is 0 Å². The predicted molar refractivity (Wildman–Crippen MR) is 115 cm³/mol. The molecule has 7 nitrogen and oxygen atoms in total. The van der Waals surface area contributed by atoms with Gasteiger partial charge in [0.15, 0.2) is 0 Å². The van der Waals surface area contributed by atoms with Crippen LogP contribution in [0.5, 0.6) is 0 Å². The molecule has 0 saturated heterocycles. The van der Waals surface area contributed by atoms with Gasteiger partial charge in [0.05, 0.1) is 4.90 Å². The van der Waals surface area contributed by atoms with E-state index < -0.39 is 15.6 Å². The first-order valence-electron chi connectivity index (χ1n) is 10.4. The van der Waals surface area contributed by atoms with Crippen LogP contribution in [0.4, 0.5) is 4.39 Å². The Morgan fingerprint density at radius 2 is 1.71 bits per heavy atom. The third kappa shape index (κ3) is 5.59. The molecule has 0 radical (unpaired) electrons. The molecule has 1 saturated carbocycles. The zero-order valence-electron chi connectivity index (χ0n) is 17.8. The molecule has 1 aliphatic carbocycles. The van der Waals surface area contributed by atoms with Crippen molar-refractivity contribution >= 4 is 15.9 Å². The van der Waals surface area contributed by atoms with Gasteiger partial charge in [-0.15, -0.1) is 0 Å². The lowest BCUT2D eigenvalue weighted by Crippen LogP contribution is -2.43. The highest BCUT2D eigenvalue weighted by molar-refractivity contribution is 7.89.